The number of likely N-dealkylation sites (N-methyl/N-ethyl adjacent to an activating group) is 1. The molecule has 6 aromatic heterocycles. The van der Waals surface area contributed by atoms with Crippen LogP contribution in [-0.2, 0) is 23.2 Å². The van der Waals surface area contributed by atoms with Crippen LogP contribution in [0.15, 0.2) is 150 Å². The number of aryl methyl sites for hydroxylation is 1. The quantitative estimate of drug-likeness (QED) is 0.107. The third-order valence-corrected chi connectivity index (χ3v) is 16.3. The Morgan fingerprint density at radius 2 is 1.21 bits per heavy atom. The summed E-state index contributed by atoms with van der Waals surface area (Å²) in [4.78, 5) is 77.0. The summed E-state index contributed by atoms with van der Waals surface area (Å²) in [6, 6.07) is 38.8. The fraction of sp³-hybridized carbons (Fsp3) is 0.281. The van der Waals surface area contributed by atoms with E-state index in [0.717, 1.165) is 115 Å². The largest absolute Gasteiger partial charge is 0.492 e. The van der Waals surface area contributed by atoms with E-state index in [-0.39, 0.29) is 47.6 Å². The second kappa shape index (κ2) is 21.4. The van der Waals surface area contributed by atoms with Gasteiger partial charge in [0.25, 0.3) is 11.1 Å². The van der Waals surface area contributed by atoms with Crippen LogP contribution in [0.25, 0.3) is 88.4 Å². The van der Waals surface area contributed by atoms with E-state index >= 15 is 0 Å². The molecule has 0 bridgehead atoms. The van der Waals surface area contributed by atoms with Gasteiger partial charge >= 0.3 is 0 Å². The first kappa shape index (κ1) is 51.9. The van der Waals surface area contributed by atoms with Gasteiger partial charge in [0.2, 0.25) is 11.8 Å². The maximum absolute atomic E-state index is 14.5. The van der Waals surface area contributed by atoms with Crippen LogP contribution < -0.4 is 20.6 Å². The first-order chi connectivity index (χ1) is 38.7. The number of fused-ring (bicyclic) bond motifs is 4. The lowest BCUT2D eigenvalue weighted by atomic mass is 10.0. The molecular weight excluding hydrogens is 1000 g/mol. The number of ether oxygens (including phenoxy) is 2. The predicted octanol–water partition coefficient (Wildman–Crippen LogP) is 9.18. The second-order valence-corrected chi connectivity index (χ2v) is 21.6. The highest BCUT2D eigenvalue weighted by Crippen LogP contribution is 2.34. The topological polar surface area (TPSA) is 167 Å². The maximum atomic E-state index is 14.5. The number of nitrogens with one attached hydrogen (secondary N) is 2. The first-order valence-corrected chi connectivity index (χ1v) is 27.4. The summed E-state index contributed by atoms with van der Waals surface area (Å²) in [5.74, 6) is 1.65. The fourth-order valence-electron chi connectivity index (χ4n) is 11.8. The van der Waals surface area contributed by atoms with E-state index in [9.17, 15) is 19.2 Å². The second-order valence-electron chi connectivity index (χ2n) is 21.6. The molecular formula is C64H64N10O6. The SMILES string of the molecule is CC(=O)N1C[C@@H](C)N(CCOc2ccc(-c3ccc4cc(-c5cn(Cc6cc(-c7ccc8cc(-c9cn(C)c(=O)c%10[nH]ccc9%10)ccc8n7)ccc6OCCN6CCN(C)C(=O)[C@H]6C)c(=O)c6[nH]ccc56)ccc4n3)cc2)[C@@H](C)C1. The summed E-state index contributed by atoms with van der Waals surface area (Å²) >= 11 is 0. The molecule has 2 saturated heterocycles. The summed E-state index contributed by atoms with van der Waals surface area (Å²) in [5.41, 5.74) is 10.5. The van der Waals surface area contributed by atoms with Gasteiger partial charge in [0.15, 0.2) is 0 Å². The lowest BCUT2D eigenvalue weighted by molar-refractivity contribution is -0.139. The Hall–Kier alpha value is -8.86. The Morgan fingerprint density at radius 3 is 1.86 bits per heavy atom. The molecule has 0 spiro atoms. The molecule has 0 aliphatic carbocycles. The molecule has 12 rings (SSSR count). The van der Waals surface area contributed by atoms with Gasteiger partial charge in [0, 0.05) is 147 Å². The van der Waals surface area contributed by atoms with Gasteiger partial charge < -0.3 is 38.4 Å². The molecule has 2 aliphatic rings. The number of amides is 2. The number of rotatable bonds is 14. The number of carbonyl (C=O) groups is 2. The Labute approximate surface area is 462 Å². The number of aromatic amines is 2. The normalized spacial score (nSPS) is 17.3. The molecule has 2 fully saturated rings. The minimum Gasteiger partial charge on any atom is -0.492 e. The first-order valence-electron chi connectivity index (χ1n) is 27.4. The van der Waals surface area contributed by atoms with Crippen LogP contribution in [0.4, 0.5) is 0 Å². The molecule has 0 saturated carbocycles. The molecule has 16 nitrogen and oxygen atoms in total. The van der Waals surface area contributed by atoms with Crippen molar-refractivity contribution in [3.63, 3.8) is 0 Å². The van der Waals surface area contributed by atoms with Crippen molar-refractivity contribution in [3.05, 3.63) is 166 Å². The van der Waals surface area contributed by atoms with E-state index in [1.165, 1.54) is 0 Å². The Balaban J connectivity index is 0.810. The van der Waals surface area contributed by atoms with E-state index in [2.05, 4.69) is 70.0 Å². The molecule has 0 radical (unpaired) electrons. The van der Waals surface area contributed by atoms with Crippen molar-refractivity contribution in [2.45, 2.75) is 52.4 Å². The van der Waals surface area contributed by atoms with Crippen LogP contribution in [0, 0.1) is 0 Å². The van der Waals surface area contributed by atoms with E-state index in [1.54, 1.807) is 40.4 Å². The number of nitrogens with zero attached hydrogens (tertiary/aromatic N) is 8. The zero-order chi connectivity index (χ0) is 55.3. The molecule has 2 N–H and O–H groups in total. The lowest BCUT2D eigenvalue weighted by Gasteiger charge is -2.44. The fourth-order valence-corrected chi connectivity index (χ4v) is 11.8. The van der Waals surface area contributed by atoms with Gasteiger partial charge in [0.1, 0.15) is 35.7 Å². The molecule has 3 atom stereocenters. The molecule has 406 valence electrons. The van der Waals surface area contributed by atoms with Crippen LogP contribution in [-0.4, -0.2) is 138 Å². The molecule has 2 amide bonds. The van der Waals surface area contributed by atoms with Gasteiger partial charge in [-0.25, -0.2) is 9.97 Å². The highest BCUT2D eigenvalue weighted by Gasteiger charge is 2.31. The number of pyridine rings is 4. The molecule has 4 aromatic carbocycles. The van der Waals surface area contributed by atoms with E-state index in [4.69, 9.17) is 19.4 Å². The lowest BCUT2D eigenvalue weighted by Crippen LogP contribution is -2.58. The highest BCUT2D eigenvalue weighted by molar-refractivity contribution is 5.98. The minimum absolute atomic E-state index is 0.0769. The minimum atomic E-state index is -0.251. The molecule has 80 heavy (non-hydrogen) atoms. The van der Waals surface area contributed by atoms with Crippen molar-refractivity contribution in [2.75, 3.05) is 59.5 Å². The summed E-state index contributed by atoms with van der Waals surface area (Å²) in [6.07, 6.45) is 7.41. The van der Waals surface area contributed by atoms with Gasteiger partial charge in [0.05, 0.1) is 35.0 Å². The Morgan fingerprint density at radius 1 is 0.625 bits per heavy atom. The van der Waals surface area contributed by atoms with E-state index < -0.39 is 0 Å². The van der Waals surface area contributed by atoms with Crippen molar-refractivity contribution in [1.29, 1.82) is 0 Å². The third-order valence-electron chi connectivity index (χ3n) is 16.3. The Bertz CT molecular complexity index is 4130. The van der Waals surface area contributed by atoms with Crippen molar-refractivity contribution in [3.8, 4) is 56.3 Å². The monoisotopic (exact) mass is 1070 g/mol. The van der Waals surface area contributed by atoms with Crippen LogP contribution >= 0.6 is 0 Å². The predicted molar refractivity (Wildman–Crippen MR) is 315 cm³/mol. The number of hydrogen-bond donors (Lipinski definition) is 2. The molecule has 10 aromatic rings. The number of H-pyrrole nitrogens is 2. The van der Waals surface area contributed by atoms with E-state index in [0.29, 0.717) is 43.1 Å². The number of carbonyl (C=O) groups excluding carboxylic acids is 2. The molecule has 0 unspecified atom stereocenters. The number of benzene rings is 4. The Kier molecular flexibility index (Phi) is 13.9. The number of aromatic nitrogens is 6. The maximum Gasteiger partial charge on any atom is 0.275 e. The summed E-state index contributed by atoms with van der Waals surface area (Å²) in [5, 5.41) is 3.60. The van der Waals surface area contributed by atoms with Crippen LogP contribution in [0.1, 0.15) is 33.3 Å². The van der Waals surface area contributed by atoms with E-state index in [1.807, 2.05) is 110 Å². The van der Waals surface area contributed by atoms with Gasteiger partial charge in [-0.1, -0.05) is 24.3 Å². The van der Waals surface area contributed by atoms with Crippen LogP contribution in [0.2, 0.25) is 0 Å². The van der Waals surface area contributed by atoms with Gasteiger partial charge in [-0.05, 0) is 123 Å². The van der Waals surface area contributed by atoms with Crippen molar-refractivity contribution in [2.24, 2.45) is 7.05 Å². The summed E-state index contributed by atoms with van der Waals surface area (Å²) in [6.45, 7) is 13.2. The van der Waals surface area contributed by atoms with Gasteiger partial charge in [-0.15, -0.1) is 0 Å². The molecule has 8 heterocycles. The summed E-state index contributed by atoms with van der Waals surface area (Å²) < 4.78 is 16.1. The highest BCUT2D eigenvalue weighted by atomic mass is 16.5. The smallest absolute Gasteiger partial charge is 0.275 e. The summed E-state index contributed by atoms with van der Waals surface area (Å²) in [7, 11) is 3.60. The zero-order valence-electron chi connectivity index (χ0n) is 45.9. The van der Waals surface area contributed by atoms with Crippen molar-refractivity contribution in [1.82, 2.24) is 48.7 Å². The zero-order valence-corrected chi connectivity index (χ0v) is 45.9. The number of piperazine rings is 2. The molecule has 2 aliphatic heterocycles. The standard InChI is InChI=1S/C64H64N10O6/c1-39-34-72(42(4)75)35-40(2)74(39)28-30-79-50-14-7-43(8-15-50)55-18-11-46-32-45(10-17-56(46)67-55)54-38-73(64(78)61-52(54)22-24-66-61)36-49-33-48(13-20-59(49)80-29-27-71-26-25-69(5)62(76)41(71)3)58-19-12-47-31-44(9-16-57(47)68-58)53-37-70(6)63(77)60-51(53)21-23-65-60/h7-24,31-33,37-41,65-66H,25-30,34-36H2,1-6H3/t39-,40+,41-/m1/s1. The van der Waals surface area contributed by atoms with Crippen molar-refractivity contribution < 1.29 is 19.1 Å². The third kappa shape index (κ3) is 10.0. The average molecular weight is 1070 g/mol. The average Bonchev–Trinajstić information content (AvgIpc) is 4.20. The van der Waals surface area contributed by atoms with Crippen LogP contribution in [0.5, 0.6) is 11.5 Å². The molecule has 16 heteroatoms. The van der Waals surface area contributed by atoms with Crippen LogP contribution in [0.3, 0.4) is 0 Å². The van der Waals surface area contributed by atoms with Crippen molar-refractivity contribution >= 4 is 55.4 Å². The number of hydrogen-bond acceptors (Lipinski definition) is 10. The van der Waals surface area contributed by atoms with Gasteiger partial charge in [-0.2, -0.15) is 0 Å². The van der Waals surface area contributed by atoms with Gasteiger partial charge in [-0.3, -0.25) is 29.0 Å².